The number of fused-ring (bicyclic) bond motifs is 5. The monoisotopic (exact) mass is 318 g/mol. The zero-order chi connectivity index (χ0) is 16.4. The number of hydrogen-bond donors (Lipinski definition) is 1. The number of methoxy groups -OCH3 is 1. The molecule has 0 aliphatic heterocycles. The maximum Gasteiger partial charge on any atom is 0.155 e. The fourth-order valence-corrected chi connectivity index (χ4v) is 6.75. The van der Waals surface area contributed by atoms with Crippen LogP contribution in [0.25, 0.3) is 0 Å². The van der Waals surface area contributed by atoms with Crippen molar-refractivity contribution in [2.75, 3.05) is 7.11 Å². The Morgan fingerprint density at radius 1 is 1.17 bits per heavy atom. The topological polar surface area (TPSA) is 46.5 Å². The largest absolute Gasteiger partial charge is 0.390 e. The number of allylic oxidation sites excluding steroid dienone is 1. The van der Waals surface area contributed by atoms with Crippen LogP contribution < -0.4 is 0 Å². The van der Waals surface area contributed by atoms with Crippen LogP contribution in [0.2, 0.25) is 0 Å². The fraction of sp³-hybridized carbons (Fsp3) is 0.850. The standard InChI is InChI=1S/C20H30O3/c1-19-8-6-13(21)10-12(19)4-5-14-15(19)7-9-20(2)16(14)11-17(23-3)18(20)22/h10,14-18,22H,4-9,11H2,1-3H3/t14-,15+,16+,17-,18-,19+,20+/m1/s1. The second-order valence-corrected chi connectivity index (χ2v) is 8.97. The number of hydrogen-bond acceptors (Lipinski definition) is 3. The third kappa shape index (κ3) is 2.05. The lowest BCUT2D eigenvalue weighted by Crippen LogP contribution is -2.51. The number of aliphatic hydroxyl groups is 1. The van der Waals surface area contributed by atoms with Crippen LogP contribution >= 0.6 is 0 Å². The van der Waals surface area contributed by atoms with Gasteiger partial charge in [0.1, 0.15) is 0 Å². The van der Waals surface area contributed by atoms with E-state index in [1.807, 2.05) is 6.08 Å². The van der Waals surface area contributed by atoms with E-state index in [1.54, 1.807) is 7.11 Å². The van der Waals surface area contributed by atoms with Crippen molar-refractivity contribution in [1.82, 2.24) is 0 Å². The van der Waals surface area contributed by atoms with Crippen molar-refractivity contribution >= 4 is 5.78 Å². The maximum absolute atomic E-state index is 11.9. The molecule has 23 heavy (non-hydrogen) atoms. The molecule has 3 saturated carbocycles. The normalized spacial score (nSPS) is 52.4. The van der Waals surface area contributed by atoms with Crippen molar-refractivity contribution in [3.05, 3.63) is 11.6 Å². The minimum atomic E-state index is -0.323. The molecule has 0 aromatic heterocycles. The van der Waals surface area contributed by atoms with E-state index in [9.17, 15) is 9.90 Å². The molecule has 0 heterocycles. The van der Waals surface area contributed by atoms with Crippen LogP contribution in [-0.4, -0.2) is 30.2 Å². The van der Waals surface area contributed by atoms with Gasteiger partial charge in [0.2, 0.25) is 0 Å². The van der Waals surface area contributed by atoms with Crippen molar-refractivity contribution in [2.45, 2.75) is 71.0 Å². The van der Waals surface area contributed by atoms with E-state index in [2.05, 4.69) is 13.8 Å². The van der Waals surface area contributed by atoms with Gasteiger partial charge in [-0.25, -0.2) is 0 Å². The van der Waals surface area contributed by atoms with Crippen LogP contribution in [0.1, 0.15) is 58.8 Å². The first kappa shape index (κ1) is 15.8. The Labute approximate surface area is 139 Å². The Bertz CT molecular complexity index is 553. The van der Waals surface area contributed by atoms with E-state index < -0.39 is 0 Å². The SMILES string of the molecule is CO[C@@H]1C[C@H]2[C@@H]3CCC4=CC(=O)CC[C@]4(C)[C@H]3CC[C@]2(C)[C@@H]1O. The van der Waals surface area contributed by atoms with E-state index in [-0.39, 0.29) is 23.0 Å². The summed E-state index contributed by atoms with van der Waals surface area (Å²) in [6.07, 6.45) is 8.93. The molecule has 0 bridgehead atoms. The second kappa shape index (κ2) is 5.16. The molecule has 1 N–H and O–H groups in total. The first-order valence-electron chi connectivity index (χ1n) is 9.35. The van der Waals surface area contributed by atoms with Gasteiger partial charge < -0.3 is 9.84 Å². The molecule has 4 rings (SSSR count). The summed E-state index contributed by atoms with van der Waals surface area (Å²) in [5.41, 5.74) is 1.65. The molecular weight excluding hydrogens is 288 g/mol. The average Bonchev–Trinajstić information content (AvgIpc) is 2.79. The van der Waals surface area contributed by atoms with E-state index >= 15 is 0 Å². The summed E-state index contributed by atoms with van der Waals surface area (Å²) in [5.74, 6) is 2.25. The van der Waals surface area contributed by atoms with Gasteiger partial charge in [-0.1, -0.05) is 19.4 Å². The molecule has 4 aliphatic carbocycles. The van der Waals surface area contributed by atoms with Gasteiger partial charge in [0.05, 0.1) is 12.2 Å². The summed E-state index contributed by atoms with van der Waals surface area (Å²) in [7, 11) is 1.74. The number of carbonyl (C=O) groups excluding carboxylic acids is 1. The van der Waals surface area contributed by atoms with Crippen LogP contribution in [0.4, 0.5) is 0 Å². The van der Waals surface area contributed by atoms with Gasteiger partial charge in [-0.2, -0.15) is 0 Å². The number of rotatable bonds is 1. The van der Waals surface area contributed by atoms with Crippen molar-refractivity contribution in [2.24, 2.45) is 28.6 Å². The molecule has 0 radical (unpaired) electrons. The summed E-state index contributed by atoms with van der Waals surface area (Å²) >= 11 is 0. The minimum absolute atomic E-state index is 0.00132. The van der Waals surface area contributed by atoms with Crippen molar-refractivity contribution < 1.29 is 14.6 Å². The Morgan fingerprint density at radius 2 is 1.96 bits per heavy atom. The van der Waals surface area contributed by atoms with Gasteiger partial charge in [0.15, 0.2) is 5.78 Å². The molecule has 0 unspecified atom stereocenters. The number of ether oxygens (including phenoxy) is 1. The highest BCUT2D eigenvalue weighted by atomic mass is 16.5. The number of ketones is 1. The van der Waals surface area contributed by atoms with Crippen molar-refractivity contribution in [3.8, 4) is 0 Å². The summed E-state index contributed by atoms with van der Waals surface area (Å²) in [4.78, 5) is 11.9. The third-order valence-corrected chi connectivity index (χ3v) is 8.22. The molecule has 0 aromatic carbocycles. The van der Waals surface area contributed by atoms with E-state index in [4.69, 9.17) is 4.74 Å². The molecule has 128 valence electrons. The third-order valence-electron chi connectivity index (χ3n) is 8.22. The lowest BCUT2D eigenvalue weighted by atomic mass is 9.47. The van der Waals surface area contributed by atoms with Gasteiger partial charge in [0.25, 0.3) is 0 Å². The second-order valence-electron chi connectivity index (χ2n) is 8.97. The fourth-order valence-electron chi connectivity index (χ4n) is 6.75. The average molecular weight is 318 g/mol. The predicted molar refractivity (Wildman–Crippen MR) is 88.9 cm³/mol. The summed E-state index contributed by atoms with van der Waals surface area (Å²) in [6.45, 7) is 4.69. The predicted octanol–water partition coefficient (Wildman–Crippen LogP) is 3.50. The lowest BCUT2D eigenvalue weighted by Gasteiger charge is -2.57. The van der Waals surface area contributed by atoms with Gasteiger partial charge in [-0.3, -0.25) is 4.79 Å². The molecule has 7 atom stereocenters. The lowest BCUT2D eigenvalue weighted by molar-refractivity contribution is -0.118. The highest BCUT2D eigenvalue weighted by Crippen LogP contribution is 2.65. The van der Waals surface area contributed by atoms with E-state index in [0.717, 1.165) is 25.7 Å². The number of carbonyl (C=O) groups is 1. The van der Waals surface area contributed by atoms with Gasteiger partial charge in [-0.05, 0) is 73.2 Å². The van der Waals surface area contributed by atoms with Gasteiger partial charge in [-0.15, -0.1) is 0 Å². The maximum atomic E-state index is 11.9. The highest BCUT2D eigenvalue weighted by molar-refractivity contribution is 5.91. The van der Waals surface area contributed by atoms with Crippen LogP contribution in [-0.2, 0) is 9.53 Å². The first-order chi connectivity index (χ1) is 10.9. The molecule has 3 nitrogen and oxygen atoms in total. The van der Waals surface area contributed by atoms with Crippen LogP contribution in [0.5, 0.6) is 0 Å². The van der Waals surface area contributed by atoms with Crippen LogP contribution in [0.3, 0.4) is 0 Å². The summed E-state index contributed by atoms with van der Waals surface area (Å²) < 4.78 is 5.60. The first-order valence-corrected chi connectivity index (χ1v) is 9.35. The molecule has 0 amide bonds. The molecule has 0 saturated heterocycles. The zero-order valence-electron chi connectivity index (χ0n) is 14.7. The Morgan fingerprint density at radius 3 is 2.70 bits per heavy atom. The van der Waals surface area contributed by atoms with E-state index in [0.29, 0.717) is 30.0 Å². The zero-order valence-corrected chi connectivity index (χ0v) is 14.7. The summed E-state index contributed by atoms with van der Waals surface area (Å²) in [6, 6.07) is 0. The Kier molecular flexibility index (Phi) is 3.55. The Balaban J connectivity index is 1.67. The van der Waals surface area contributed by atoms with Crippen LogP contribution in [0, 0.1) is 28.6 Å². The smallest absolute Gasteiger partial charge is 0.155 e. The van der Waals surface area contributed by atoms with Crippen LogP contribution in [0.15, 0.2) is 11.6 Å². The molecule has 4 aliphatic rings. The number of aliphatic hydroxyl groups excluding tert-OH is 1. The Hall–Kier alpha value is -0.670. The summed E-state index contributed by atoms with van der Waals surface area (Å²) in [5, 5.41) is 10.8. The molecule has 3 heteroatoms. The van der Waals surface area contributed by atoms with Gasteiger partial charge in [0, 0.05) is 13.5 Å². The van der Waals surface area contributed by atoms with E-state index in [1.165, 1.54) is 18.4 Å². The minimum Gasteiger partial charge on any atom is -0.390 e. The highest BCUT2D eigenvalue weighted by Gasteiger charge is 2.61. The van der Waals surface area contributed by atoms with Crippen molar-refractivity contribution in [3.63, 3.8) is 0 Å². The van der Waals surface area contributed by atoms with Crippen molar-refractivity contribution in [1.29, 1.82) is 0 Å². The molecule has 3 fully saturated rings. The quantitative estimate of drug-likeness (QED) is 0.805. The molecule has 0 spiro atoms. The van der Waals surface area contributed by atoms with Gasteiger partial charge >= 0.3 is 0 Å². The molecular formula is C20H30O3. The molecule has 0 aromatic rings.